The first kappa shape index (κ1) is 23.1. The predicted molar refractivity (Wildman–Crippen MR) is 138 cm³/mol. The zero-order valence-electron chi connectivity index (χ0n) is 18.4. The lowest BCUT2D eigenvalue weighted by atomic mass is 10.2. The summed E-state index contributed by atoms with van der Waals surface area (Å²) >= 11 is 6.79. The number of hydrogen-bond donors (Lipinski definition) is 0. The first-order chi connectivity index (χ1) is 16.1. The van der Waals surface area contributed by atoms with E-state index in [2.05, 4.69) is 0 Å². The molecule has 0 atom stereocenters. The molecule has 4 rings (SSSR count). The Balaban J connectivity index is 1.31. The number of carbonyl (C=O) groups is 1. The van der Waals surface area contributed by atoms with Crippen molar-refractivity contribution in [1.82, 2.24) is 4.90 Å². The second kappa shape index (κ2) is 11.2. The third-order valence-corrected chi connectivity index (χ3v) is 6.50. The Morgan fingerprint density at radius 1 is 0.939 bits per heavy atom. The van der Waals surface area contributed by atoms with Gasteiger partial charge >= 0.3 is 0 Å². The summed E-state index contributed by atoms with van der Waals surface area (Å²) in [7, 11) is 0. The van der Waals surface area contributed by atoms with Crippen LogP contribution in [0.25, 0.3) is 6.08 Å². The van der Waals surface area contributed by atoms with Gasteiger partial charge in [0.1, 0.15) is 15.8 Å². The van der Waals surface area contributed by atoms with E-state index in [1.54, 1.807) is 4.90 Å². The number of ether oxygens (including phenoxy) is 2. The number of nitrogens with zero attached hydrogens (tertiary/aromatic N) is 1. The number of aryl methyl sites for hydroxylation is 1. The van der Waals surface area contributed by atoms with Crippen molar-refractivity contribution in [3.8, 4) is 11.5 Å². The molecule has 3 aromatic rings. The summed E-state index contributed by atoms with van der Waals surface area (Å²) < 4.78 is 12.3. The standard InChI is InChI=1S/C27H25NO3S2/c1-20-9-5-6-14-24(20)31-16-8-15-30-23-13-7-12-22(17-23)18-25-26(29)28(27(32)33-25)19-21-10-3-2-4-11-21/h2-7,9-14,17-18H,8,15-16,19H2,1H3/b25-18+. The van der Waals surface area contributed by atoms with Crippen LogP contribution in [0.3, 0.4) is 0 Å². The second-order valence-corrected chi connectivity index (χ2v) is 9.32. The van der Waals surface area contributed by atoms with E-state index in [4.69, 9.17) is 21.7 Å². The Morgan fingerprint density at radius 2 is 1.70 bits per heavy atom. The summed E-state index contributed by atoms with van der Waals surface area (Å²) in [6, 6.07) is 25.6. The second-order valence-electron chi connectivity index (χ2n) is 7.64. The lowest BCUT2D eigenvalue weighted by molar-refractivity contribution is -0.122. The van der Waals surface area contributed by atoms with Crippen molar-refractivity contribution in [1.29, 1.82) is 0 Å². The molecule has 0 saturated carbocycles. The molecule has 0 spiro atoms. The Morgan fingerprint density at radius 3 is 2.52 bits per heavy atom. The van der Waals surface area contributed by atoms with E-state index in [1.807, 2.05) is 91.9 Å². The van der Waals surface area contributed by atoms with Crippen LogP contribution in [0.1, 0.15) is 23.1 Å². The Labute approximate surface area is 204 Å². The third kappa shape index (κ3) is 6.24. The Bertz CT molecular complexity index is 1160. The van der Waals surface area contributed by atoms with E-state index >= 15 is 0 Å². The van der Waals surface area contributed by atoms with Crippen molar-refractivity contribution in [3.63, 3.8) is 0 Å². The average Bonchev–Trinajstić information content (AvgIpc) is 3.08. The van der Waals surface area contributed by atoms with Gasteiger partial charge in [0.2, 0.25) is 0 Å². The number of thioether (sulfide) groups is 1. The number of hydrogen-bond acceptors (Lipinski definition) is 5. The summed E-state index contributed by atoms with van der Waals surface area (Å²) in [4.78, 5) is 15.2. The minimum atomic E-state index is -0.0615. The summed E-state index contributed by atoms with van der Waals surface area (Å²) in [5, 5.41) is 0. The van der Waals surface area contributed by atoms with E-state index < -0.39 is 0 Å². The molecule has 1 amide bonds. The molecule has 1 saturated heterocycles. The number of benzene rings is 3. The SMILES string of the molecule is Cc1ccccc1OCCCOc1cccc(/C=C2/SC(=S)N(Cc3ccccc3)C2=O)c1. The first-order valence-electron chi connectivity index (χ1n) is 10.8. The molecule has 0 radical (unpaired) electrons. The van der Waals surface area contributed by atoms with E-state index in [-0.39, 0.29) is 5.91 Å². The van der Waals surface area contributed by atoms with Crippen LogP contribution < -0.4 is 9.47 Å². The smallest absolute Gasteiger partial charge is 0.266 e. The highest BCUT2D eigenvalue weighted by atomic mass is 32.2. The van der Waals surface area contributed by atoms with Crippen LogP contribution in [0.2, 0.25) is 0 Å². The minimum absolute atomic E-state index is 0.0615. The van der Waals surface area contributed by atoms with Gasteiger partial charge < -0.3 is 9.47 Å². The molecular weight excluding hydrogens is 450 g/mol. The molecule has 1 fully saturated rings. The van der Waals surface area contributed by atoms with Gasteiger partial charge in [0.05, 0.1) is 24.7 Å². The van der Waals surface area contributed by atoms with Crippen LogP contribution in [0.5, 0.6) is 11.5 Å². The molecule has 0 bridgehead atoms. The predicted octanol–water partition coefficient (Wildman–Crippen LogP) is 6.24. The minimum Gasteiger partial charge on any atom is -0.493 e. The summed E-state index contributed by atoms with van der Waals surface area (Å²) in [6.07, 6.45) is 2.65. The van der Waals surface area contributed by atoms with Crippen LogP contribution in [-0.2, 0) is 11.3 Å². The number of thiocarbonyl (C=S) groups is 1. The van der Waals surface area contributed by atoms with Gasteiger partial charge in [-0.15, -0.1) is 0 Å². The van der Waals surface area contributed by atoms with Gasteiger partial charge in [-0.3, -0.25) is 9.69 Å². The molecule has 1 aliphatic heterocycles. The summed E-state index contributed by atoms with van der Waals surface area (Å²) in [6.45, 7) is 3.66. The zero-order valence-corrected chi connectivity index (χ0v) is 20.0. The molecule has 0 aliphatic carbocycles. The number of rotatable bonds is 9. The maximum atomic E-state index is 12.9. The van der Waals surface area contributed by atoms with Crippen LogP contribution in [0, 0.1) is 6.92 Å². The number of amides is 1. The molecule has 1 heterocycles. The molecule has 6 heteroatoms. The van der Waals surface area contributed by atoms with E-state index in [0.717, 1.165) is 34.6 Å². The van der Waals surface area contributed by atoms with Gasteiger partial charge in [0, 0.05) is 6.42 Å². The van der Waals surface area contributed by atoms with Crippen molar-refractivity contribution in [2.75, 3.05) is 13.2 Å². The van der Waals surface area contributed by atoms with Crippen molar-refractivity contribution in [2.24, 2.45) is 0 Å². The monoisotopic (exact) mass is 475 g/mol. The van der Waals surface area contributed by atoms with Crippen LogP contribution in [0.4, 0.5) is 0 Å². The van der Waals surface area contributed by atoms with Crippen molar-refractivity contribution in [3.05, 3.63) is 100 Å². The normalized spacial score (nSPS) is 14.7. The van der Waals surface area contributed by atoms with Crippen molar-refractivity contribution < 1.29 is 14.3 Å². The molecule has 1 aliphatic rings. The third-order valence-electron chi connectivity index (χ3n) is 5.12. The fourth-order valence-corrected chi connectivity index (χ4v) is 4.65. The van der Waals surface area contributed by atoms with E-state index in [1.165, 1.54) is 11.8 Å². The molecular formula is C27H25NO3S2. The molecule has 4 nitrogen and oxygen atoms in total. The van der Waals surface area contributed by atoms with Gasteiger partial charge in [-0.2, -0.15) is 0 Å². The van der Waals surface area contributed by atoms with Gasteiger partial charge in [-0.1, -0.05) is 84.6 Å². The molecule has 0 N–H and O–H groups in total. The van der Waals surface area contributed by atoms with Gasteiger partial charge in [0.15, 0.2) is 0 Å². The van der Waals surface area contributed by atoms with Gasteiger partial charge in [-0.25, -0.2) is 0 Å². The Kier molecular flexibility index (Phi) is 7.81. The fraction of sp³-hybridized carbons (Fsp3) is 0.185. The highest BCUT2D eigenvalue weighted by Gasteiger charge is 2.31. The topological polar surface area (TPSA) is 38.8 Å². The maximum Gasteiger partial charge on any atom is 0.266 e. The van der Waals surface area contributed by atoms with Crippen LogP contribution >= 0.6 is 24.0 Å². The largest absolute Gasteiger partial charge is 0.493 e. The number of para-hydroxylation sites is 1. The highest BCUT2D eigenvalue weighted by molar-refractivity contribution is 8.26. The lowest BCUT2D eigenvalue weighted by Gasteiger charge is -2.14. The van der Waals surface area contributed by atoms with E-state index in [9.17, 15) is 4.79 Å². The first-order valence-corrected chi connectivity index (χ1v) is 12.0. The molecule has 0 unspecified atom stereocenters. The lowest BCUT2D eigenvalue weighted by Crippen LogP contribution is -2.27. The maximum absolute atomic E-state index is 12.9. The average molecular weight is 476 g/mol. The Hall–Kier alpha value is -3.09. The van der Waals surface area contributed by atoms with Crippen LogP contribution in [-0.4, -0.2) is 28.3 Å². The number of carbonyl (C=O) groups excluding carboxylic acids is 1. The molecule has 168 valence electrons. The van der Waals surface area contributed by atoms with Crippen LogP contribution in [0.15, 0.2) is 83.8 Å². The fourth-order valence-electron chi connectivity index (χ4n) is 3.40. The highest BCUT2D eigenvalue weighted by Crippen LogP contribution is 2.34. The zero-order chi connectivity index (χ0) is 23.0. The van der Waals surface area contributed by atoms with Crippen molar-refractivity contribution in [2.45, 2.75) is 19.9 Å². The van der Waals surface area contributed by atoms with Crippen molar-refractivity contribution >= 4 is 40.3 Å². The molecule has 0 aromatic heterocycles. The summed E-state index contributed by atoms with van der Waals surface area (Å²) in [5.74, 6) is 1.61. The van der Waals surface area contributed by atoms with Gasteiger partial charge in [-0.05, 0) is 47.9 Å². The van der Waals surface area contributed by atoms with Gasteiger partial charge in [0.25, 0.3) is 5.91 Å². The molecule has 33 heavy (non-hydrogen) atoms. The molecule has 3 aromatic carbocycles. The quantitative estimate of drug-likeness (QED) is 0.208. The van der Waals surface area contributed by atoms with E-state index in [0.29, 0.717) is 29.0 Å². The summed E-state index contributed by atoms with van der Waals surface area (Å²) in [5.41, 5.74) is 3.08.